The Balaban J connectivity index is 1.59. The standard InChI is InChI=1S/C17H21N3O2S/c1-10-15(11-3-6-20(10)7-4-11)19-17(21)13-9-14(22-2)16-12(18-13)5-8-23-16/h5,8-11,15H,3-4,6-7H2,1-2H3,(H,19,21)/t10-,15+/m1/s1. The number of pyridine rings is 1. The number of hydrogen-bond donors (Lipinski definition) is 1. The Morgan fingerprint density at radius 3 is 2.91 bits per heavy atom. The van der Waals surface area contributed by atoms with E-state index in [1.807, 2.05) is 11.4 Å². The van der Waals surface area contributed by atoms with Gasteiger partial charge in [-0.15, -0.1) is 11.3 Å². The highest BCUT2D eigenvalue weighted by molar-refractivity contribution is 7.17. The normalized spacial score (nSPS) is 29.7. The molecule has 3 saturated heterocycles. The van der Waals surface area contributed by atoms with Gasteiger partial charge in [-0.25, -0.2) is 4.98 Å². The number of nitrogens with zero attached hydrogens (tertiary/aromatic N) is 2. The number of hydrogen-bond acceptors (Lipinski definition) is 5. The lowest BCUT2D eigenvalue weighted by Crippen LogP contribution is -2.62. The monoisotopic (exact) mass is 331 g/mol. The van der Waals surface area contributed by atoms with Crippen LogP contribution < -0.4 is 10.1 Å². The Kier molecular flexibility index (Phi) is 3.73. The first-order valence-electron chi connectivity index (χ1n) is 8.14. The number of rotatable bonds is 3. The number of ether oxygens (including phenoxy) is 1. The van der Waals surface area contributed by atoms with Crippen LogP contribution in [0.4, 0.5) is 0 Å². The molecule has 1 amide bonds. The van der Waals surface area contributed by atoms with Crippen LogP contribution in [-0.2, 0) is 0 Å². The number of thiophene rings is 1. The van der Waals surface area contributed by atoms with Crippen molar-refractivity contribution < 1.29 is 9.53 Å². The summed E-state index contributed by atoms with van der Waals surface area (Å²) in [5, 5.41) is 5.20. The summed E-state index contributed by atoms with van der Waals surface area (Å²) in [4.78, 5) is 19.7. The van der Waals surface area contributed by atoms with E-state index in [-0.39, 0.29) is 11.9 Å². The molecule has 23 heavy (non-hydrogen) atoms. The molecule has 122 valence electrons. The van der Waals surface area contributed by atoms with Gasteiger partial charge in [-0.3, -0.25) is 9.69 Å². The van der Waals surface area contributed by atoms with Gasteiger partial charge in [0.15, 0.2) is 0 Å². The van der Waals surface area contributed by atoms with Gasteiger partial charge < -0.3 is 10.1 Å². The van der Waals surface area contributed by atoms with Crippen LogP contribution in [0.3, 0.4) is 0 Å². The molecule has 3 aliphatic heterocycles. The number of aromatic nitrogens is 1. The minimum Gasteiger partial charge on any atom is -0.495 e. The maximum atomic E-state index is 12.7. The molecule has 0 aromatic carbocycles. The van der Waals surface area contributed by atoms with Gasteiger partial charge in [0.2, 0.25) is 0 Å². The van der Waals surface area contributed by atoms with Crippen LogP contribution in [0.15, 0.2) is 17.5 Å². The fourth-order valence-electron chi connectivity index (χ4n) is 3.97. The molecule has 0 unspecified atom stereocenters. The van der Waals surface area contributed by atoms with E-state index in [1.165, 1.54) is 12.8 Å². The Labute approximate surface area is 139 Å². The fourth-order valence-corrected chi connectivity index (χ4v) is 4.79. The van der Waals surface area contributed by atoms with E-state index in [2.05, 4.69) is 22.1 Å². The highest BCUT2D eigenvalue weighted by Crippen LogP contribution is 2.33. The van der Waals surface area contributed by atoms with Crippen LogP contribution >= 0.6 is 11.3 Å². The molecular weight excluding hydrogens is 310 g/mol. The Morgan fingerprint density at radius 1 is 1.43 bits per heavy atom. The van der Waals surface area contributed by atoms with Crippen LogP contribution in [0.1, 0.15) is 30.3 Å². The molecule has 2 aromatic heterocycles. The molecule has 3 fully saturated rings. The van der Waals surface area contributed by atoms with E-state index < -0.39 is 0 Å². The van der Waals surface area contributed by atoms with Crippen molar-refractivity contribution in [2.75, 3.05) is 20.2 Å². The van der Waals surface area contributed by atoms with Gasteiger partial charge in [-0.05, 0) is 50.2 Å². The lowest BCUT2D eigenvalue weighted by molar-refractivity contribution is 0.0216. The van der Waals surface area contributed by atoms with Crippen molar-refractivity contribution in [1.82, 2.24) is 15.2 Å². The van der Waals surface area contributed by atoms with Gasteiger partial charge in [0.05, 0.1) is 17.3 Å². The number of carbonyl (C=O) groups is 1. The number of methoxy groups -OCH3 is 1. The molecule has 2 atom stereocenters. The molecule has 0 radical (unpaired) electrons. The maximum Gasteiger partial charge on any atom is 0.270 e. The minimum absolute atomic E-state index is 0.0954. The average molecular weight is 331 g/mol. The van der Waals surface area contributed by atoms with E-state index in [0.717, 1.165) is 29.1 Å². The first-order chi connectivity index (χ1) is 11.2. The largest absolute Gasteiger partial charge is 0.495 e. The van der Waals surface area contributed by atoms with Crippen LogP contribution in [-0.4, -0.2) is 48.1 Å². The zero-order chi connectivity index (χ0) is 16.0. The Morgan fingerprint density at radius 2 is 2.22 bits per heavy atom. The molecule has 2 bridgehead atoms. The summed E-state index contributed by atoms with van der Waals surface area (Å²) in [5.74, 6) is 1.21. The third kappa shape index (κ3) is 2.50. The zero-order valence-corrected chi connectivity index (χ0v) is 14.2. The smallest absolute Gasteiger partial charge is 0.270 e. The second-order valence-corrected chi connectivity index (χ2v) is 7.37. The highest BCUT2D eigenvalue weighted by Gasteiger charge is 2.40. The molecule has 3 aliphatic rings. The van der Waals surface area contributed by atoms with Crippen LogP contribution in [0.5, 0.6) is 5.75 Å². The number of nitrogens with one attached hydrogen (secondary N) is 1. The fraction of sp³-hybridized carbons (Fsp3) is 0.529. The number of fused-ring (bicyclic) bond motifs is 4. The van der Waals surface area contributed by atoms with Crippen molar-refractivity contribution in [1.29, 1.82) is 0 Å². The van der Waals surface area contributed by atoms with Gasteiger partial charge in [-0.1, -0.05) is 0 Å². The number of piperidine rings is 3. The second kappa shape index (κ2) is 5.76. The summed E-state index contributed by atoms with van der Waals surface area (Å²) in [5.41, 5.74) is 1.26. The first kappa shape index (κ1) is 14.9. The zero-order valence-electron chi connectivity index (χ0n) is 13.4. The number of carbonyl (C=O) groups excluding carboxylic acids is 1. The van der Waals surface area contributed by atoms with Gasteiger partial charge in [0, 0.05) is 18.2 Å². The molecule has 2 aromatic rings. The molecule has 0 aliphatic carbocycles. The molecule has 6 heteroatoms. The lowest BCUT2D eigenvalue weighted by Gasteiger charge is -2.49. The summed E-state index contributed by atoms with van der Waals surface area (Å²) in [6.07, 6.45) is 2.35. The summed E-state index contributed by atoms with van der Waals surface area (Å²) >= 11 is 1.58. The van der Waals surface area contributed by atoms with Crippen molar-refractivity contribution in [3.63, 3.8) is 0 Å². The average Bonchev–Trinajstić information content (AvgIpc) is 3.06. The van der Waals surface area contributed by atoms with E-state index in [1.54, 1.807) is 24.5 Å². The van der Waals surface area contributed by atoms with Crippen molar-refractivity contribution in [3.8, 4) is 5.75 Å². The third-order valence-corrected chi connectivity index (χ3v) is 6.22. The molecule has 0 saturated carbocycles. The summed E-state index contributed by atoms with van der Waals surface area (Å²) in [6.45, 7) is 4.53. The van der Waals surface area contributed by atoms with Crippen LogP contribution in [0.2, 0.25) is 0 Å². The molecule has 1 N–H and O–H groups in total. The van der Waals surface area contributed by atoms with E-state index in [4.69, 9.17) is 4.74 Å². The Hall–Kier alpha value is -1.66. The summed E-state index contributed by atoms with van der Waals surface area (Å²) < 4.78 is 6.41. The third-order valence-electron chi connectivity index (χ3n) is 5.31. The Bertz CT molecular complexity index is 735. The molecule has 5 nitrogen and oxygen atoms in total. The highest BCUT2D eigenvalue weighted by atomic mass is 32.1. The maximum absolute atomic E-state index is 12.7. The van der Waals surface area contributed by atoms with E-state index >= 15 is 0 Å². The lowest BCUT2D eigenvalue weighted by atomic mass is 9.79. The topological polar surface area (TPSA) is 54.5 Å². The molecule has 0 spiro atoms. The predicted octanol–water partition coefficient (Wildman–Crippen LogP) is 2.52. The predicted molar refractivity (Wildman–Crippen MR) is 91.2 cm³/mol. The van der Waals surface area contributed by atoms with Crippen molar-refractivity contribution in [2.45, 2.75) is 31.8 Å². The number of amides is 1. The van der Waals surface area contributed by atoms with Crippen LogP contribution in [0.25, 0.3) is 10.2 Å². The molecule has 5 rings (SSSR count). The van der Waals surface area contributed by atoms with Gasteiger partial charge in [-0.2, -0.15) is 0 Å². The van der Waals surface area contributed by atoms with Gasteiger partial charge in [0.25, 0.3) is 5.91 Å². The minimum atomic E-state index is -0.0954. The molecule has 5 heterocycles. The van der Waals surface area contributed by atoms with Crippen molar-refractivity contribution in [2.24, 2.45) is 5.92 Å². The van der Waals surface area contributed by atoms with Crippen molar-refractivity contribution in [3.05, 3.63) is 23.2 Å². The summed E-state index contributed by atoms with van der Waals surface area (Å²) in [6, 6.07) is 4.30. The summed E-state index contributed by atoms with van der Waals surface area (Å²) in [7, 11) is 1.63. The quantitative estimate of drug-likeness (QED) is 0.939. The van der Waals surface area contributed by atoms with Gasteiger partial charge >= 0.3 is 0 Å². The SMILES string of the molecule is COc1cc(C(=O)N[C@@H]2C3CCN(CC3)[C@@H]2C)nc2ccsc12. The van der Waals surface area contributed by atoms with Crippen molar-refractivity contribution >= 4 is 27.5 Å². The first-order valence-corrected chi connectivity index (χ1v) is 9.02. The van der Waals surface area contributed by atoms with E-state index in [0.29, 0.717) is 17.7 Å². The van der Waals surface area contributed by atoms with Gasteiger partial charge in [0.1, 0.15) is 11.4 Å². The van der Waals surface area contributed by atoms with Crippen LogP contribution in [0, 0.1) is 5.92 Å². The molecular formula is C17H21N3O2S. The second-order valence-electron chi connectivity index (χ2n) is 6.46. The van der Waals surface area contributed by atoms with E-state index in [9.17, 15) is 4.79 Å².